The first-order valence-electron chi connectivity index (χ1n) is 6.89. The minimum absolute atomic E-state index is 0.723. The van der Waals surface area contributed by atoms with Crippen molar-refractivity contribution in [3.63, 3.8) is 0 Å². The molecule has 0 aromatic carbocycles. The maximum absolute atomic E-state index is 5.65. The minimum Gasteiger partial charge on any atom is -0.464 e. The van der Waals surface area contributed by atoms with Crippen LogP contribution >= 0.6 is 0 Å². The largest absolute Gasteiger partial charge is 0.464 e. The van der Waals surface area contributed by atoms with Gasteiger partial charge in [-0.25, -0.2) is 4.98 Å². The summed E-state index contributed by atoms with van der Waals surface area (Å²) in [6.07, 6.45) is 0. The van der Waals surface area contributed by atoms with Crippen molar-refractivity contribution < 1.29 is 4.42 Å². The number of nitrogens with zero attached hydrogens (tertiary/aromatic N) is 2. The zero-order valence-corrected chi connectivity index (χ0v) is 12.9. The standard InChI is InChI=1S/C16H23N3O/c1-11-8-12(2)18-16(15(11)9-17-4)19(5)10-14-7-6-13(3)20-14/h6-8,17H,9-10H2,1-5H3. The van der Waals surface area contributed by atoms with Crippen LogP contribution in [0.15, 0.2) is 22.6 Å². The Morgan fingerprint density at radius 3 is 2.60 bits per heavy atom. The van der Waals surface area contributed by atoms with Gasteiger partial charge in [0.05, 0.1) is 6.54 Å². The number of hydrogen-bond donors (Lipinski definition) is 1. The fraction of sp³-hybridized carbons (Fsp3) is 0.438. The van der Waals surface area contributed by atoms with E-state index in [1.165, 1.54) is 11.1 Å². The molecule has 0 spiro atoms. The summed E-state index contributed by atoms with van der Waals surface area (Å²) in [5.41, 5.74) is 3.55. The average molecular weight is 273 g/mol. The molecule has 0 radical (unpaired) electrons. The Bertz CT molecular complexity index is 589. The highest BCUT2D eigenvalue weighted by Gasteiger charge is 2.14. The normalized spacial score (nSPS) is 10.8. The summed E-state index contributed by atoms with van der Waals surface area (Å²) in [6.45, 7) is 7.67. The van der Waals surface area contributed by atoms with Crippen molar-refractivity contribution in [3.8, 4) is 0 Å². The second-order valence-corrected chi connectivity index (χ2v) is 5.28. The lowest BCUT2D eigenvalue weighted by atomic mass is 10.1. The van der Waals surface area contributed by atoms with E-state index in [4.69, 9.17) is 9.40 Å². The van der Waals surface area contributed by atoms with Crippen molar-refractivity contribution in [3.05, 3.63) is 46.5 Å². The number of aromatic nitrogens is 1. The molecule has 0 amide bonds. The van der Waals surface area contributed by atoms with Crippen LogP contribution in [0.1, 0.15) is 28.3 Å². The lowest BCUT2D eigenvalue weighted by Gasteiger charge is -2.22. The number of furan rings is 1. The fourth-order valence-corrected chi connectivity index (χ4v) is 2.43. The van der Waals surface area contributed by atoms with E-state index >= 15 is 0 Å². The summed E-state index contributed by atoms with van der Waals surface area (Å²) in [4.78, 5) is 6.84. The van der Waals surface area contributed by atoms with Gasteiger partial charge >= 0.3 is 0 Å². The highest BCUT2D eigenvalue weighted by molar-refractivity contribution is 5.51. The van der Waals surface area contributed by atoms with Crippen LogP contribution in [0.25, 0.3) is 0 Å². The van der Waals surface area contributed by atoms with Gasteiger partial charge in [0, 0.05) is 24.8 Å². The zero-order chi connectivity index (χ0) is 14.7. The average Bonchev–Trinajstić information content (AvgIpc) is 2.77. The predicted molar refractivity (Wildman–Crippen MR) is 82.0 cm³/mol. The topological polar surface area (TPSA) is 41.3 Å². The predicted octanol–water partition coefficient (Wildman–Crippen LogP) is 2.96. The van der Waals surface area contributed by atoms with Gasteiger partial charge in [-0.15, -0.1) is 0 Å². The van der Waals surface area contributed by atoms with Crippen LogP contribution in [0.4, 0.5) is 5.82 Å². The number of anilines is 1. The molecule has 2 heterocycles. The first-order valence-corrected chi connectivity index (χ1v) is 6.89. The number of aryl methyl sites for hydroxylation is 3. The van der Waals surface area contributed by atoms with Crippen molar-refractivity contribution in [1.29, 1.82) is 0 Å². The van der Waals surface area contributed by atoms with Crippen molar-refractivity contribution in [1.82, 2.24) is 10.3 Å². The van der Waals surface area contributed by atoms with Crippen LogP contribution in [0.5, 0.6) is 0 Å². The molecule has 0 saturated heterocycles. The Morgan fingerprint density at radius 2 is 2.00 bits per heavy atom. The summed E-state index contributed by atoms with van der Waals surface area (Å²) in [5.74, 6) is 2.92. The molecule has 0 fully saturated rings. The quantitative estimate of drug-likeness (QED) is 0.909. The highest BCUT2D eigenvalue weighted by atomic mass is 16.3. The molecule has 4 nitrogen and oxygen atoms in total. The van der Waals surface area contributed by atoms with Crippen LogP contribution in [-0.2, 0) is 13.1 Å². The molecule has 108 valence electrons. The molecular formula is C16H23N3O. The third-order valence-corrected chi connectivity index (χ3v) is 3.36. The van der Waals surface area contributed by atoms with Gasteiger partial charge < -0.3 is 14.6 Å². The molecule has 2 aromatic heterocycles. The maximum atomic E-state index is 5.65. The molecule has 4 heteroatoms. The summed E-state index contributed by atoms with van der Waals surface area (Å²) < 4.78 is 5.65. The van der Waals surface area contributed by atoms with E-state index in [1.807, 2.05) is 33.0 Å². The van der Waals surface area contributed by atoms with Crippen LogP contribution in [0.3, 0.4) is 0 Å². The number of rotatable bonds is 5. The monoisotopic (exact) mass is 273 g/mol. The molecule has 2 aromatic rings. The lowest BCUT2D eigenvalue weighted by molar-refractivity contribution is 0.481. The van der Waals surface area contributed by atoms with Crippen molar-refractivity contribution in [2.24, 2.45) is 0 Å². The van der Waals surface area contributed by atoms with Crippen LogP contribution < -0.4 is 10.2 Å². The number of hydrogen-bond acceptors (Lipinski definition) is 4. The van der Waals surface area contributed by atoms with Crippen molar-refractivity contribution in [2.75, 3.05) is 19.0 Å². The Hall–Kier alpha value is -1.81. The van der Waals surface area contributed by atoms with Gasteiger partial charge in [0.25, 0.3) is 0 Å². The first kappa shape index (κ1) is 14.6. The van der Waals surface area contributed by atoms with E-state index in [0.717, 1.165) is 36.1 Å². The van der Waals surface area contributed by atoms with E-state index in [2.05, 4.69) is 30.3 Å². The molecule has 0 bridgehead atoms. The molecule has 20 heavy (non-hydrogen) atoms. The van der Waals surface area contributed by atoms with Crippen molar-refractivity contribution in [2.45, 2.75) is 33.9 Å². The number of pyridine rings is 1. The number of nitrogens with one attached hydrogen (secondary N) is 1. The van der Waals surface area contributed by atoms with Crippen LogP contribution in [0.2, 0.25) is 0 Å². The second-order valence-electron chi connectivity index (χ2n) is 5.28. The van der Waals surface area contributed by atoms with Crippen molar-refractivity contribution >= 4 is 5.82 Å². The minimum atomic E-state index is 0.723. The molecular weight excluding hydrogens is 250 g/mol. The molecule has 2 rings (SSSR count). The molecule has 1 N–H and O–H groups in total. The molecule has 0 atom stereocenters. The SMILES string of the molecule is CNCc1c(C)cc(C)nc1N(C)Cc1ccc(C)o1. The summed E-state index contributed by atoms with van der Waals surface area (Å²) >= 11 is 0. The van der Waals surface area contributed by atoms with Gasteiger partial charge in [-0.3, -0.25) is 0 Å². The van der Waals surface area contributed by atoms with E-state index < -0.39 is 0 Å². The van der Waals surface area contributed by atoms with Crippen LogP contribution in [0, 0.1) is 20.8 Å². The summed E-state index contributed by atoms with van der Waals surface area (Å²) in [6, 6.07) is 6.14. The van der Waals surface area contributed by atoms with Gasteiger partial charge in [0.2, 0.25) is 0 Å². The molecule has 0 aliphatic carbocycles. The maximum Gasteiger partial charge on any atom is 0.133 e. The summed E-state index contributed by atoms with van der Waals surface area (Å²) in [5, 5.41) is 3.22. The molecule has 0 saturated carbocycles. The van der Waals surface area contributed by atoms with E-state index in [9.17, 15) is 0 Å². The van der Waals surface area contributed by atoms with Gasteiger partial charge in [-0.2, -0.15) is 0 Å². The Kier molecular flexibility index (Phi) is 4.45. The van der Waals surface area contributed by atoms with E-state index in [-0.39, 0.29) is 0 Å². The highest BCUT2D eigenvalue weighted by Crippen LogP contribution is 2.23. The fourth-order valence-electron chi connectivity index (χ4n) is 2.43. The third-order valence-electron chi connectivity index (χ3n) is 3.36. The smallest absolute Gasteiger partial charge is 0.133 e. The Labute approximate surface area is 120 Å². The van der Waals surface area contributed by atoms with Gasteiger partial charge in [0.1, 0.15) is 17.3 Å². The molecule has 0 unspecified atom stereocenters. The second kappa shape index (κ2) is 6.09. The lowest BCUT2D eigenvalue weighted by Crippen LogP contribution is -2.22. The Balaban J connectivity index is 2.30. The zero-order valence-electron chi connectivity index (χ0n) is 12.9. The van der Waals surface area contributed by atoms with Gasteiger partial charge in [-0.05, 0) is 51.6 Å². The van der Waals surface area contributed by atoms with Gasteiger partial charge in [-0.1, -0.05) is 0 Å². The Morgan fingerprint density at radius 1 is 1.25 bits per heavy atom. The van der Waals surface area contributed by atoms with Crippen LogP contribution in [-0.4, -0.2) is 19.1 Å². The molecule has 0 aliphatic heterocycles. The van der Waals surface area contributed by atoms with Gasteiger partial charge in [0.15, 0.2) is 0 Å². The van der Waals surface area contributed by atoms with E-state index in [1.54, 1.807) is 0 Å². The molecule has 0 aliphatic rings. The first-order chi connectivity index (χ1) is 9.51. The van der Waals surface area contributed by atoms with E-state index in [0.29, 0.717) is 0 Å². The third kappa shape index (κ3) is 3.20. The summed E-state index contributed by atoms with van der Waals surface area (Å²) in [7, 11) is 4.01.